The van der Waals surface area contributed by atoms with Crippen LogP contribution in [0.3, 0.4) is 0 Å². The number of imide groups is 1. The molecule has 0 aliphatic carbocycles. The summed E-state index contributed by atoms with van der Waals surface area (Å²) in [6.07, 6.45) is 15.9. The predicted molar refractivity (Wildman–Crippen MR) is 122 cm³/mol. The molecule has 2 atom stereocenters. The first-order valence-corrected chi connectivity index (χ1v) is 11.3. The Labute approximate surface area is 182 Å². The summed E-state index contributed by atoms with van der Waals surface area (Å²) in [6, 6.07) is 6.00. The van der Waals surface area contributed by atoms with Gasteiger partial charge in [-0.05, 0) is 36.6 Å². The van der Waals surface area contributed by atoms with Crippen molar-refractivity contribution in [3.8, 4) is 12.3 Å². The first-order chi connectivity index (χ1) is 14.5. The zero-order valence-corrected chi connectivity index (χ0v) is 18.8. The molecule has 5 nitrogen and oxygen atoms in total. The predicted octanol–water partition coefficient (Wildman–Crippen LogP) is 5.00. The maximum absolute atomic E-state index is 12.6. The van der Waals surface area contributed by atoms with Crippen LogP contribution >= 0.6 is 0 Å². The zero-order chi connectivity index (χ0) is 22.2. The molecule has 0 saturated heterocycles. The van der Waals surface area contributed by atoms with Crippen LogP contribution in [0.25, 0.3) is 0 Å². The van der Waals surface area contributed by atoms with Gasteiger partial charge >= 0.3 is 0 Å². The quantitative estimate of drug-likeness (QED) is 0.241. The Kier molecular flexibility index (Phi) is 13.5. The van der Waals surface area contributed by atoms with Gasteiger partial charge in [0.1, 0.15) is 6.04 Å². The Morgan fingerprint density at radius 2 is 1.60 bits per heavy atom. The number of nitrogens with one attached hydrogen (secondary N) is 2. The summed E-state index contributed by atoms with van der Waals surface area (Å²) in [4.78, 5) is 30.6. The van der Waals surface area contributed by atoms with Gasteiger partial charge in [-0.3, -0.25) is 14.9 Å². The molecule has 0 aromatic heterocycles. The summed E-state index contributed by atoms with van der Waals surface area (Å²) in [6.45, 7) is 6.75. The van der Waals surface area contributed by atoms with Gasteiger partial charge in [-0.1, -0.05) is 78.1 Å². The van der Waals surface area contributed by atoms with Crippen molar-refractivity contribution in [2.75, 3.05) is 6.61 Å². The van der Waals surface area contributed by atoms with Gasteiger partial charge in [0, 0.05) is 11.1 Å². The maximum Gasteiger partial charge on any atom is 0.257 e. The highest BCUT2D eigenvalue weighted by atomic mass is 16.6. The molecule has 0 aliphatic rings. The molecule has 2 amide bonds. The number of carbonyl (C=O) groups is 2. The Morgan fingerprint density at radius 1 is 1.00 bits per heavy atom. The summed E-state index contributed by atoms with van der Waals surface area (Å²) in [5, 5.41) is 2.46. The lowest BCUT2D eigenvalue weighted by Gasteiger charge is -2.22. The molecule has 0 heterocycles. The molecule has 2 N–H and O–H groups in total. The van der Waals surface area contributed by atoms with E-state index >= 15 is 0 Å². The normalized spacial score (nSPS) is 12.7. The lowest BCUT2D eigenvalue weighted by atomic mass is 9.99. The van der Waals surface area contributed by atoms with Crippen molar-refractivity contribution in [3.05, 3.63) is 35.4 Å². The smallest absolute Gasteiger partial charge is 0.257 e. The number of carbonyl (C=O) groups excluding carboxylic acids is 2. The largest absolute Gasteiger partial charge is 0.301 e. The number of hydroxylamine groups is 1. The van der Waals surface area contributed by atoms with Gasteiger partial charge in [-0.25, -0.2) is 0 Å². The van der Waals surface area contributed by atoms with E-state index in [1.165, 1.54) is 38.5 Å². The van der Waals surface area contributed by atoms with Crippen LogP contribution in [0.4, 0.5) is 0 Å². The molecule has 0 aliphatic heterocycles. The minimum atomic E-state index is -0.585. The van der Waals surface area contributed by atoms with Crippen molar-refractivity contribution >= 4 is 11.8 Å². The van der Waals surface area contributed by atoms with Crippen molar-refractivity contribution in [1.29, 1.82) is 0 Å². The molecule has 1 rings (SSSR count). The van der Waals surface area contributed by atoms with E-state index in [1.807, 2.05) is 13.8 Å². The fourth-order valence-electron chi connectivity index (χ4n) is 3.10. The van der Waals surface area contributed by atoms with E-state index in [0.29, 0.717) is 17.7 Å². The van der Waals surface area contributed by atoms with Gasteiger partial charge in [-0.2, -0.15) is 5.48 Å². The average Bonchev–Trinajstić information content (AvgIpc) is 2.77. The number of unbranched alkanes of at least 4 members (excludes halogenated alkanes) is 7. The van der Waals surface area contributed by atoms with Crippen LogP contribution in [0.15, 0.2) is 24.3 Å². The second kappa shape index (κ2) is 15.6. The molecular formula is C25H38N2O3. The topological polar surface area (TPSA) is 67.4 Å². The van der Waals surface area contributed by atoms with Crippen LogP contribution in [0, 0.1) is 18.3 Å². The Bertz CT molecular complexity index is 664. The summed E-state index contributed by atoms with van der Waals surface area (Å²) in [7, 11) is 0. The van der Waals surface area contributed by atoms with Crippen LogP contribution in [0.1, 0.15) is 94.5 Å². The van der Waals surface area contributed by atoms with Crippen LogP contribution in [-0.2, 0) is 9.63 Å². The number of rotatable bonds is 15. The van der Waals surface area contributed by atoms with Gasteiger partial charge in [0.05, 0.1) is 6.61 Å². The third-order valence-corrected chi connectivity index (χ3v) is 5.36. The fraction of sp³-hybridized carbons (Fsp3) is 0.600. The first-order valence-electron chi connectivity index (χ1n) is 11.3. The number of terminal acetylenes is 1. The number of benzene rings is 1. The van der Waals surface area contributed by atoms with Gasteiger partial charge in [0.15, 0.2) is 0 Å². The highest BCUT2D eigenvalue weighted by Crippen LogP contribution is 2.11. The Balaban J connectivity index is 2.38. The van der Waals surface area contributed by atoms with Crippen molar-refractivity contribution in [2.24, 2.45) is 5.92 Å². The molecule has 0 fully saturated rings. The van der Waals surface area contributed by atoms with E-state index in [9.17, 15) is 9.59 Å². The van der Waals surface area contributed by atoms with Crippen molar-refractivity contribution in [1.82, 2.24) is 10.8 Å². The molecular weight excluding hydrogens is 376 g/mol. The Hall–Kier alpha value is -2.16. The number of hydrogen-bond donors (Lipinski definition) is 2. The van der Waals surface area contributed by atoms with E-state index < -0.39 is 11.9 Å². The molecule has 0 saturated carbocycles. The third-order valence-electron chi connectivity index (χ3n) is 5.36. The molecule has 0 unspecified atom stereocenters. The van der Waals surface area contributed by atoms with Gasteiger partial charge in [-0.15, -0.1) is 6.42 Å². The van der Waals surface area contributed by atoms with Crippen molar-refractivity contribution in [3.63, 3.8) is 0 Å². The molecule has 0 spiro atoms. The minimum Gasteiger partial charge on any atom is -0.301 e. The molecule has 0 radical (unpaired) electrons. The molecule has 166 valence electrons. The highest BCUT2D eigenvalue weighted by molar-refractivity contribution is 6.06. The first kappa shape index (κ1) is 25.9. The molecule has 30 heavy (non-hydrogen) atoms. The maximum atomic E-state index is 12.6. The van der Waals surface area contributed by atoms with Crippen LogP contribution in [0.5, 0.6) is 0 Å². The molecule has 1 aromatic rings. The van der Waals surface area contributed by atoms with Gasteiger partial charge in [0.2, 0.25) is 5.91 Å². The lowest BCUT2D eigenvalue weighted by molar-refractivity contribution is -0.128. The highest BCUT2D eigenvalue weighted by Gasteiger charge is 2.26. The van der Waals surface area contributed by atoms with E-state index in [0.717, 1.165) is 19.3 Å². The number of amides is 2. The van der Waals surface area contributed by atoms with Crippen molar-refractivity contribution in [2.45, 2.75) is 84.6 Å². The van der Waals surface area contributed by atoms with E-state index in [2.05, 4.69) is 23.6 Å². The van der Waals surface area contributed by atoms with E-state index in [4.69, 9.17) is 11.3 Å². The van der Waals surface area contributed by atoms with E-state index in [1.54, 1.807) is 24.3 Å². The van der Waals surface area contributed by atoms with Crippen LogP contribution in [0.2, 0.25) is 0 Å². The summed E-state index contributed by atoms with van der Waals surface area (Å²) in [5.74, 6) is 1.70. The van der Waals surface area contributed by atoms with E-state index in [-0.39, 0.29) is 11.8 Å². The monoisotopic (exact) mass is 414 g/mol. The van der Waals surface area contributed by atoms with Gasteiger partial charge < -0.3 is 4.84 Å². The average molecular weight is 415 g/mol. The minimum absolute atomic E-state index is 0.0279. The lowest BCUT2D eigenvalue weighted by Crippen LogP contribution is -2.49. The van der Waals surface area contributed by atoms with Crippen LogP contribution < -0.4 is 10.8 Å². The number of hydrogen-bond acceptors (Lipinski definition) is 4. The molecule has 1 aromatic carbocycles. The third kappa shape index (κ3) is 10.0. The van der Waals surface area contributed by atoms with Crippen LogP contribution in [-0.4, -0.2) is 24.5 Å². The summed E-state index contributed by atoms with van der Waals surface area (Å²) >= 11 is 0. The second-order valence-electron chi connectivity index (χ2n) is 7.84. The molecule has 5 heteroatoms. The standard InChI is InChI=1S/C25H38N2O3/c1-5-8-9-10-11-12-13-14-19-30-27-23(20(4)6-2)25(29)26-24(28)22-17-15-21(7-3)16-18-22/h3,15-18,20,23,27H,5-6,8-14,19H2,1-2,4H3,(H,26,28,29)/t20-,23-/m0/s1. The van der Waals surface area contributed by atoms with Crippen molar-refractivity contribution < 1.29 is 14.4 Å². The fourth-order valence-corrected chi connectivity index (χ4v) is 3.10. The zero-order valence-electron chi connectivity index (χ0n) is 18.8. The SMILES string of the molecule is C#Cc1ccc(C(=O)NC(=O)[C@@H](NOCCCCCCCCCC)[C@@H](C)CC)cc1. The second-order valence-corrected chi connectivity index (χ2v) is 7.84. The summed E-state index contributed by atoms with van der Waals surface area (Å²) in [5.41, 5.74) is 3.95. The Morgan fingerprint density at radius 3 is 2.17 bits per heavy atom. The molecule has 0 bridgehead atoms. The summed E-state index contributed by atoms with van der Waals surface area (Å²) < 4.78 is 0. The van der Waals surface area contributed by atoms with Gasteiger partial charge in [0.25, 0.3) is 5.91 Å².